The molecule has 408 valence electrons. The number of sulfone groups is 2. The SMILES string of the molecule is CCCC(NC(=O)C(CS(C)(=O)=O)NC)C(O)C(=O)NCC(=O)N[C@H](C)c1ccccc1.CCCC(NC(=O)C(CS(C)(=O)=O)NCC(=O)OC(C)(C)C)C(O)C(=O)NCC(=O)N[C@H](C)c1ccccc1.Cl. The highest BCUT2D eigenvalue weighted by Gasteiger charge is 2.33. The molecule has 0 fully saturated rings. The molecular formula is C47H77ClN8O14S2. The number of rotatable bonds is 28. The summed E-state index contributed by atoms with van der Waals surface area (Å²) < 4.78 is 52.0. The van der Waals surface area contributed by atoms with Gasteiger partial charge in [-0.1, -0.05) is 87.4 Å². The van der Waals surface area contributed by atoms with Crippen molar-refractivity contribution in [2.75, 3.05) is 50.7 Å². The number of aliphatic hydroxyl groups excluding tert-OH is 2. The van der Waals surface area contributed by atoms with Crippen LogP contribution in [-0.2, 0) is 58.0 Å². The summed E-state index contributed by atoms with van der Waals surface area (Å²) >= 11 is 0. The smallest absolute Gasteiger partial charge is 0.320 e. The fourth-order valence-electron chi connectivity index (χ4n) is 6.66. The quantitative estimate of drug-likeness (QED) is 0.0487. The van der Waals surface area contributed by atoms with Crippen LogP contribution >= 0.6 is 12.4 Å². The first-order valence-corrected chi connectivity index (χ1v) is 27.3. The molecule has 0 spiro atoms. The Labute approximate surface area is 430 Å². The number of hydrogen-bond donors (Lipinski definition) is 10. The van der Waals surface area contributed by atoms with Crippen molar-refractivity contribution in [3.8, 4) is 0 Å². The second-order valence-electron chi connectivity index (χ2n) is 18.1. The van der Waals surface area contributed by atoms with Crippen molar-refractivity contribution in [1.29, 1.82) is 0 Å². The number of carbonyl (C=O) groups is 7. The van der Waals surface area contributed by atoms with Crippen molar-refractivity contribution in [3.63, 3.8) is 0 Å². The zero-order valence-electron chi connectivity index (χ0n) is 42.8. The molecule has 72 heavy (non-hydrogen) atoms. The van der Waals surface area contributed by atoms with Gasteiger partial charge in [0, 0.05) is 12.5 Å². The van der Waals surface area contributed by atoms with Gasteiger partial charge in [-0.2, -0.15) is 0 Å². The molecule has 6 amide bonds. The third kappa shape index (κ3) is 28.1. The number of likely N-dealkylation sites (N-methyl/N-ethyl adjacent to an activating group) is 1. The Kier molecular flexibility index (Phi) is 30.4. The molecule has 0 aliphatic heterocycles. The Morgan fingerprint density at radius 1 is 0.583 bits per heavy atom. The Morgan fingerprint density at radius 2 is 0.944 bits per heavy atom. The average molecular weight is 1080 g/mol. The van der Waals surface area contributed by atoms with Gasteiger partial charge in [0.1, 0.15) is 37.4 Å². The van der Waals surface area contributed by atoms with E-state index in [1.54, 1.807) is 34.6 Å². The van der Waals surface area contributed by atoms with Crippen LogP contribution < -0.4 is 42.5 Å². The minimum absolute atomic E-state index is 0. The summed E-state index contributed by atoms with van der Waals surface area (Å²) in [6, 6.07) is 13.6. The molecule has 0 aliphatic carbocycles. The van der Waals surface area contributed by atoms with Gasteiger partial charge in [-0.25, -0.2) is 16.8 Å². The predicted molar refractivity (Wildman–Crippen MR) is 275 cm³/mol. The zero-order chi connectivity index (χ0) is 54.1. The minimum Gasteiger partial charge on any atom is -0.459 e. The summed E-state index contributed by atoms with van der Waals surface area (Å²) in [6.45, 7) is 11.0. The lowest BCUT2D eigenvalue weighted by Gasteiger charge is -2.26. The summed E-state index contributed by atoms with van der Waals surface area (Å²) in [5.41, 5.74) is 1.02. The van der Waals surface area contributed by atoms with Crippen molar-refractivity contribution in [1.82, 2.24) is 42.5 Å². The number of hydrogen-bond acceptors (Lipinski definition) is 16. The molecule has 8 atom stereocenters. The minimum atomic E-state index is -3.65. The van der Waals surface area contributed by atoms with Crippen LogP contribution in [0, 0.1) is 0 Å². The van der Waals surface area contributed by atoms with E-state index >= 15 is 0 Å². The number of ether oxygens (including phenoxy) is 1. The van der Waals surface area contributed by atoms with Gasteiger partial charge in [-0.3, -0.25) is 38.9 Å². The van der Waals surface area contributed by atoms with Gasteiger partial charge in [-0.15, -0.1) is 12.4 Å². The summed E-state index contributed by atoms with van der Waals surface area (Å²) in [6.07, 6.45) is 0.153. The molecule has 0 aliphatic rings. The monoisotopic (exact) mass is 1080 g/mol. The molecular weight excluding hydrogens is 1000 g/mol. The zero-order valence-corrected chi connectivity index (χ0v) is 45.2. The molecule has 0 saturated heterocycles. The molecule has 2 rings (SSSR count). The molecule has 22 nitrogen and oxygen atoms in total. The van der Waals surface area contributed by atoms with Gasteiger partial charge in [0.05, 0.1) is 55.3 Å². The summed E-state index contributed by atoms with van der Waals surface area (Å²) in [5.74, 6) is -5.77. The molecule has 0 saturated carbocycles. The highest BCUT2D eigenvalue weighted by molar-refractivity contribution is 7.91. The van der Waals surface area contributed by atoms with E-state index in [2.05, 4.69) is 42.5 Å². The number of amides is 6. The van der Waals surface area contributed by atoms with E-state index in [0.717, 1.165) is 23.6 Å². The number of halogens is 1. The van der Waals surface area contributed by atoms with E-state index in [4.69, 9.17) is 4.74 Å². The number of esters is 1. The lowest BCUT2D eigenvalue weighted by Crippen LogP contribution is -2.57. The largest absolute Gasteiger partial charge is 0.459 e. The lowest BCUT2D eigenvalue weighted by molar-refractivity contribution is -0.153. The van der Waals surface area contributed by atoms with Crippen molar-refractivity contribution < 1.29 is 65.3 Å². The topological polar surface area (TPSA) is 334 Å². The van der Waals surface area contributed by atoms with Crippen LogP contribution in [0.3, 0.4) is 0 Å². The highest BCUT2D eigenvalue weighted by Crippen LogP contribution is 2.13. The third-order valence-corrected chi connectivity index (χ3v) is 12.1. The molecule has 2 aromatic carbocycles. The third-order valence-electron chi connectivity index (χ3n) is 10.2. The van der Waals surface area contributed by atoms with E-state index in [-0.39, 0.29) is 43.9 Å². The Bertz CT molecular complexity index is 2260. The van der Waals surface area contributed by atoms with Crippen molar-refractivity contribution in [2.24, 2.45) is 0 Å². The lowest BCUT2D eigenvalue weighted by atomic mass is 10.0. The average Bonchev–Trinajstić information content (AvgIpc) is 3.29. The van der Waals surface area contributed by atoms with Crippen LogP contribution in [0.4, 0.5) is 0 Å². The molecule has 0 bridgehead atoms. The number of carbonyl (C=O) groups excluding carboxylic acids is 7. The Morgan fingerprint density at radius 3 is 1.28 bits per heavy atom. The fourth-order valence-corrected chi connectivity index (χ4v) is 8.46. The first-order valence-electron chi connectivity index (χ1n) is 23.2. The van der Waals surface area contributed by atoms with Crippen LogP contribution in [0.2, 0.25) is 0 Å². The van der Waals surface area contributed by atoms with Gasteiger partial charge < -0.3 is 52.2 Å². The first-order chi connectivity index (χ1) is 33.0. The molecule has 0 aromatic heterocycles. The number of aliphatic hydroxyl groups is 2. The maximum Gasteiger partial charge on any atom is 0.320 e. The van der Waals surface area contributed by atoms with Crippen LogP contribution in [0.15, 0.2) is 60.7 Å². The van der Waals surface area contributed by atoms with E-state index in [0.29, 0.717) is 12.8 Å². The maximum atomic E-state index is 13.0. The van der Waals surface area contributed by atoms with Crippen LogP contribution in [0.1, 0.15) is 97.4 Å². The normalized spacial score (nSPS) is 14.8. The van der Waals surface area contributed by atoms with Crippen molar-refractivity contribution >= 4 is 73.5 Å². The Hall–Kier alpha value is -5.24. The summed E-state index contributed by atoms with van der Waals surface area (Å²) in [5, 5.41) is 41.5. The second-order valence-corrected chi connectivity index (χ2v) is 22.4. The standard InChI is InChI=1S/C26H42N4O8S.C21H34N4O6S.ClH/c1-7-11-19(23(33)25(35)28-14-21(31)29-17(2)18-12-9-8-10-13-18)30-24(34)20(16-39(6,36)37)27-15-22(32)38-26(3,4)5;1-5-9-16(25-20(28)17(22-3)13-32(4,30)31)19(27)21(29)23-12-18(26)24-14(2)15-10-7-6-8-11-15;/h8-10,12-13,17,19-20,23,27,33H,7,11,14-16H2,1-6H3,(H,28,35)(H,29,31)(H,30,34);6-8,10-11,14,16-17,19,22,27H,5,9,12-13H2,1-4H3,(H,23,29)(H,24,26)(H,25,28);1H/t17-,19?,20?,23?;14-,16?,17?,19?;/m11./s1. The van der Waals surface area contributed by atoms with E-state index in [1.165, 1.54) is 7.05 Å². The molecule has 0 radical (unpaired) electrons. The highest BCUT2D eigenvalue weighted by atomic mass is 35.5. The van der Waals surface area contributed by atoms with Gasteiger partial charge in [0.15, 0.2) is 12.2 Å². The summed E-state index contributed by atoms with van der Waals surface area (Å²) in [7, 11) is -5.62. The Balaban J connectivity index is 0.00000141. The molecule has 2 aromatic rings. The van der Waals surface area contributed by atoms with E-state index < -0.39 is 128 Å². The second kappa shape index (κ2) is 32.8. The van der Waals surface area contributed by atoms with Gasteiger partial charge in [-0.05, 0) is 65.6 Å². The fraction of sp³-hybridized carbons (Fsp3) is 0.596. The maximum absolute atomic E-state index is 13.0. The summed E-state index contributed by atoms with van der Waals surface area (Å²) in [4.78, 5) is 86.8. The predicted octanol–water partition coefficient (Wildman–Crippen LogP) is -0.349. The van der Waals surface area contributed by atoms with Crippen LogP contribution in [0.25, 0.3) is 0 Å². The molecule has 0 heterocycles. The molecule has 25 heteroatoms. The van der Waals surface area contributed by atoms with Crippen LogP contribution in [0.5, 0.6) is 0 Å². The van der Waals surface area contributed by atoms with E-state index in [1.807, 2.05) is 74.5 Å². The van der Waals surface area contributed by atoms with Crippen LogP contribution in [-0.4, -0.2) is 161 Å². The number of nitrogens with one attached hydrogen (secondary N) is 8. The van der Waals surface area contributed by atoms with Crippen molar-refractivity contribution in [2.45, 2.75) is 128 Å². The van der Waals surface area contributed by atoms with E-state index in [9.17, 15) is 60.6 Å². The molecule has 10 N–H and O–H groups in total. The molecule has 6 unspecified atom stereocenters. The number of benzene rings is 2. The van der Waals surface area contributed by atoms with Gasteiger partial charge in [0.2, 0.25) is 23.6 Å². The first kappa shape index (κ1) is 66.8. The van der Waals surface area contributed by atoms with Gasteiger partial charge >= 0.3 is 5.97 Å². The van der Waals surface area contributed by atoms with Gasteiger partial charge in [0.25, 0.3) is 11.8 Å². The van der Waals surface area contributed by atoms with Crippen molar-refractivity contribution in [3.05, 3.63) is 71.8 Å².